The fraction of sp³-hybridized carbons (Fsp3) is 0.407. The second kappa shape index (κ2) is 9.02. The van der Waals surface area contributed by atoms with E-state index in [9.17, 15) is 13.2 Å². The van der Waals surface area contributed by atoms with E-state index < -0.39 is 11.7 Å². The summed E-state index contributed by atoms with van der Waals surface area (Å²) in [6.07, 6.45) is 4.41. The lowest BCUT2D eigenvalue weighted by Crippen LogP contribution is -2.13. The van der Waals surface area contributed by atoms with Crippen LogP contribution in [-0.2, 0) is 6.18 Å². The molecular weight excluding hydrogens is 400 g/mol. The molecule has 0 saturated heterocycles. The molecule has 0 aromatic heterocycles. The van der Waals surface area contributed by atoms with Gasteiger partial charge in [-0.1, -0.05) is 68.7 Å². The summed E-state index contributed by atoms with van der Waals surface area (Å²) in [5.41, 5.74) is 1.31. The molecule has 0 N–H and O–H groups in total. The number of unbranched alkanes of at least 4 members (excludes halogenated alkanes) is 1. The quantitative estimate of drug-likeness (QED) is 0.355. The van der Waals surface area contributed by atoms with Gasteiger partial charge in [-0.2, -0.15) is 13.2 Å². The topological polar surface area (TPSA) is 0 Å². The third-order valence-electron chi connectivity index (χ3n) is 6.79. The average molecular weight is 429 g/mol. The van der Waals surface area contributed by atoms with Gasteiger partial charge in [-0.3, -0.25) is 0 Å². The van der Waals surface area contributed by atoms with Gasteiger partial charge in [-0.05, 0) is 66.2 Å². The molecule has 0 bridgehead atoms. The lowest BCUT2D eigenvalue weighted by molar-refractivity contribution is -0.137. The zero-order valence-electron chi connectivity index (χ0n) is 17.8. The Morgan fingerprint density at radius 3 is 2.23 bits per heavy atom. The third kappa shape index (κ3) is 4.78. The van der Waals surface area contributed by atoms with E-state index in [4.69, 9.17) is 0 Å². The molecule has 1 aliphatic rings. The van der Waals surface area contributed by atoms with Gasteiger partial charge in [-0.15, -0.1) is 0 Å². The minimum Gasteiger partial charge on any atom is -0.206 e. The maximum absolute atomic E-state index is 15.2. The fourth-order valence-corrected chi connectivity index (χ4v) is 4.90. The molecule has 0 unspecified atom stereocenters. The van der Waals surface area contributed by atoms with Crippen LogP contribution in [-0.4, -0.2) is 0 Å². The fourth-order valence-electron chi connectivity index (χ4n) is 4.90. The van der Waals surface area contributed by atoms with Gasteiger partial charge in [0.2, 0.25) is 0 Å². The van der Waals surface area contributed by atoms with E-state index in [1.54, 1.807) is 6.07 Å². The van der Waals surface area contributed by atoms with Crippen LogP contribution < -0.4 is 0 Å². The SMILES string of the molecule is CCCCC1CCC(c2ccc3c(F)c(-c4ccc(C(F)(F)F)cc4)ccc3c2)CC1. The Hall–Kier alpha value is -2.36. The summed E-state index contributed by atoms with van der Waals surface area (Å²) < 4.78 is 53.6. The standard InChI is InChI=1S/C27H28F4/c1-2-3-4-18-5-7-19(8-6-18)21-11-15-25-22(17-21)12-16-24(26(25)28)20-9-13-23(14-10-20)27(29,30)31/h9-19H,2-8H2,1H3. The van der Waals surface area contributed by atoms with Crippen molar-refractivity contribution in [3.63, 3.8) is 0 Å². The zero-order chi connectivity index (χ0) is 22.0. The molecule has 0 spiro atoms. The van der Waals surface area contributed by atoms with Gasteiger partial charge in [0.05, 0.1) is 5.56 Å². The molecule has 0 atom stereocenters. The molecule has 3 aromatic rings. The van der Waals surface area contributed by atoms with Gasteiger partial charge < -0.3 is 0 Å². The zero-order valence-corrected chi connectivity index (χ0v) is 17.8. The van der Waals surface area contributed by atoms with E-state index in [1.165, 1.54) is 62.6 Å². The summed E-state index contributed by atoms with van der Waals surface area (Å²) >= 11 is 0. The number of fused-ring (bicyclic) bond motifs is 1. The summed E-state index contributed by atoms with van der Waals surface area (Å²) in [6, 6.07) is 14.2. The molecule has 4 rings (SSSR count). The Morgan fingerprint density at radius 2 is 1.58 bits per heavy atom. The van der Waals surface area contributed by atoms with Crippen molar-refractivity contribution in [2.45, 2.75) is 64.0 Å². The number of alkyl halides is 3. The number of halogens is 4. The van der Waals surface area contributed by atoms with Crippen molar-refractivity contribution in [3.05, 3.63) is 71.5 Å². The molecule has 1 aliphatic carbocycles. The molecule has 31 heavy (non-hydrogen) atoms. The van der Waals surface area contributed by atoms with E-state index in [-0.39, 0.29) is 5.82 Å². The molecule has 0 nitrogen and oxygen atoms in total. The van der Waals surface area contributed by atoms with Crippen molar-refractivity contribution < 1.29 is 17.6 Å². The number of rotatable bonds is 5. The van der Waals surface area contributed by atoms with Crippen molar-refractivity contribution in [3.8, 4) is 11.1 Å². The minimum atomic E-state index is -4.40. The first-order chi connectivity index (χ1) is 14.9. The summed E-state index contributed by atoms with van der Waals surface area (Å²) in [6.45, 7) is 2.24. The van der Waals surface area contributed by atoms with E-state index in [2.05, 4.69) is 13.0 Å². The number of hydrogen-bond acceptors (Lipinski definition) is 0. The van der Waals surface area contributed by atoms with Crippen LogP contribution in [0.4, 0.5) is 17.6 Å². The van der Waals surface area contributed by atoms with Gasteiger partial charge >= 0.3 is 6.18 Å². The monoisotopic (exact) mass is 428 g/mol. The lowest BCUT2D eigenvalue weighted by atomic mass is 9.77. The second-order valence-electron chi connectivity index (χ2n) is 8.84. The highest BCUT2D eigenvalue weighted by atomic mass is 19.4. The predicted molar refractivity (Wildman–Crippen MR) is 119 cm³/mol. The van der Waals surface area contributed by atoms with Crippen LogP contribution in [0, 0.1) is 11.7 Å². The van der Waals surface area contributed by atoms with Crippen LogP contribution in [0.1, 0.15) is 68.9 Å². The van der Waals surface area contributed by atoms with Gasteiger partial charge in [0, 0.05) is 10.9 Å². The maximum Gasteiger partial charge on any atom is 0.416 e. The van der Waals surface area contributed by atoms with Crippen LogP contribution in [0.5, 0.6) is 0 Å². The van der Waals surface area contributed by atoms with Crippen LogP contribution in [0.25, 0.3) is 21.9 Å². The van der Waals surface area contributed by atoms with Crippen molar-refractivity contribution in [1.29, 1.82) is 0 Å². The van der Waals surface area contributed by atoms with Gasteiger partial charge in [0.1, 0.15) is 5.82 Å². The van der Waals surface area contributed by atoms with Gasteiger partial charge in [0.15, 0.2) is 0 Å². The van der Waals surface area contributed by atoms with Crippen LogP contribution in [0.15, 0.2) is 54.6 Å². The average Bonchev–Trinajstić information content (AvgIpc) is 2.77. The largest absolute Gasteiger partial charge is 0.416 e. The third-order valence-corrected chi connectivity index (χ3v) is 6.79. The van der Waals surface area contributed by atoms with Gasteiger partial charge in [0.25, 0.3) is 0 Å². The Kier molecular flexibility index (Phi) is 6.36. The molecule has 0 heterocycles. The molecule has 1 saturated carbocycles. The molecular formula is C27H28F4. The maximum atomic E-state index is 15.2. The minimum absolute atomic E-state index is 0.324. The first-order valence-corrected chi connectivity index (χ1v) is 11.3. The summed E-state index contributed by atoms with van der Waals surface area (Å²) in [5, 5.41) is 1.36. The van der Waals surface area contributed by atoms with Crippen LogP contribution >= 0.6 is 0 Å². The number of hydrogen-bond donors (Lipinski definition) is 0. The first-order valence-electron chi connectivity index (χ1n) is 11.3. The Bertz CT molecular complexity index is 1030. The highest BCUT2D eigenvalue weighted by molar-refractivity contribution is 5.89. The van der Waals surface area contributed by atoms with E-state index in [0.717, 1.165) is 23.4 Å². The summed E-state index contributed by atoms with van der Waals surface area (Å²) in [7, 11) is 0. The molecule has 1 fully saturated rings. The first kappa shape index (κ1) is 21.9. The molecule has 0 amide bonds. The Labute approximate surface area is 181 Å². The summed E-state index contributed by atoms with van der Waals surface area (Å²) in [4.78, 5) is 0. The molecule has 4 heteroatoms. The van der Waals surface area contributed by atoms with Gasteiger partial charge in [-0.25, -0.2) is 4.39 Å². The molecule has 164 valence electrons. The smallest absolute Gasteiger partial charge is 0.206 e. The van der Waals surface area contributed by atoms with Crippen molar-refractivity contribution in [2.24, 2.45) is 5.92 Å². The molecule has 0 radical (unpaired) electrons. The van der Waals surface area contributed by atoms with Crippen LogP contribution in [0.3, 0.4) is 0 Å². The Morgan fingerprint density at radius 1 is 0.871 bits per heavy atom. The van der Waals surface area contributed by atoms with Crippen molar-refractivity contribution >= 4 is 10.8 Å². The van der Waals surface area contributed by atoms with Crippen molar-refractivity contribution in [1.82, 2.24) is 0 Å². The highest BCUT2D eigenvalue weighted by Crippen LogP contribution is 2.39. The van der Waals surface area contributed by atoms with E-state index in [1.807, 2.05) is 18.2 Å². The van der Waals surface area contributed by atoms with Crippen LogP contribution in [0.2, 0.25) is 0 Å². The Balaban J connectivity index is 1.55. The van der Waals surface area contributed by atoms with Crippen molar-refractivity contribution in [2.75, 3.05) is 0 Å². The molecule has 3 aromatic carbocycles. The van der Waals surface area contributed by atoms with E-state index >= 15 is 4.39 Å². The summed E-state index contributed by atoms with van der Waals surface area (Å²) in [5.74, 6) is 0.993. The number of benzene rings is 3. The molecule has 0 aliphatic heterocycles. The lowest BCUT2D eigenvalue weighted by Gasteiger charge is -2.29. The van der Waals surface area contributed by atoms with E-state index in [0.29, 0.717) is 22.4 Å². The second-order valence-corrected chi connectivity index (χ2v) is 8.84. The normalized spacial score (nSPS) is 19.6. The predicted octanol–water partition coefficient (Wildman–Crippen LogP) is 9.13. The highest BCUT2D eigenvalue weighted by Gasteiger charge is 2.30.